The number of carbonyl (C=O) groups is 2. The molecule has 6 nitrogen and oxygen atoms in total. The molecule has 2 heterocycles. The fourth-order valence-corrected chi connectivity index (χ4v) is 2.25. The van der Waals surface area contributed by atoms with Crippen LogP contribution in [0, 0.1) is 6.92 Å². The average molecular weight is 300 g/mol. The topological polar surface area (TPSA) is 80.6 Å². The molecule has 0 spiro atoms. The first-order valence-electron chi connectivity index (χ1n) is 6.97. The Labute approximate surface area is 127 Å². The van der Waals surface area contributed by atoms with Crippen LogP contribution < -0.4 is 15.4 Å². The first-order valence-corrected chi connectivity index (χ1v) is 6.97. The largest absolute Gasteiger partial charge is 0.482 e. The number of aryl methyl sites for hydroxylation is 1. The van der Waals surface area contributed by atoms with Gasteiger partial charge in [0.15, 0.2) is 6.61 Å². The molecule has 0 fully saturated rings. The Morgan fingerprint density at radius 1 is 1.32 bits per heavy atom. The lowest BCUT2D eigenvalue weighted by molar-refractivity contribution is -0.118. The van der Waals surface area contributed by atoms with Crippen LogP contribution in [0.5, 0.6) is 5.75 Å². The molecular formula is C16H16N2O4. The van der Waals surface area contributed by atoms with Crippen LogP contribution in [0.25, 0.3) is 0 Å². The Hall–Kier alpha value is -2.76. The van der Waals surface area contributed by atoms with Crippen molar-refractivity contribution in [2.75, 3.05) is 11.9 Å². The van der Waals surface area contributed by atoms with E-state index >= 15 is 0 Å². The Kier molecular flexibility index (Phi) is 3.58. The van der Waals surface area contributed by atoms with E-state index in [0.29, 0.717) is 22.8 Å². The van der Waals surface area contributed by atoms with Crippen molar-refractivity contribution < 1.29 is 18.7 Å². The molecule has 22 heavy (non-hydrogen) atoms. The van der Waals surface area contributed by atoms with E-state index in [0.717, 1.165) is 5.76 Å². The summed E-state index contributed by atoms with van der Waals surface area (Å²) in [5, 5.41) is 5.55. The summed E-state index contributed by atoms with van der Waals surface area (Å²) in [6.45, 7) is 3.67. The predicted molar refractivity (Wildman–Crippen MR) is 79.9 cm³/mol. The maximum atomic E-state index is 12.3. The van der Waals surface area contributed by atoms with Crippen molar-refractivity contribution in [3.8, 4) is 5.75 Å². The van der Waals surface area contributed by atoms with Gasteiger partial charge in [-0.2, -0.15) is 0 Å². The van der Waals surface area contributed by atoms with Crippen molar-refractivity contribution in [1.82, 2.24) is 5.32 Å². The van der Waals surface area contributed by atoms with Gasteiger partial charge in [0.2, 0.25) is 0 Å². The summed E-state index contributed by atoms with van der Waals surface area (Å²) in [6.07, 6.45) is 0. The molecule has 2 N–H and O–H groups in total. The van der Waals surface area contributed by atoms with Gasteiger partial charge in [-0.3, -0.25) is 9.59 Å². The van der Waals surface area contributed by atoms with Crippen LogP contribution >= 0.6 is 0 Å². The molecule has 114 valence electrons. The number of fused-ring (bicyclic) bond motifs is 1. The summed E-state index contributed by atoms with van der Waals surface area (Å²) < 4.78 is 10.8. The minimum atomic E-state index is -0.238. The van der Waals surface area contributed by atoms with E-state index < -0.39 is 0 Å². The third-order valence-corrected chi connectivity index (χ3v) is 3.41. The van der Waals surface area contributed by atoms with Crippen LogP contribution in [-0.4, -0.2) is 18.4 Å². The molecule has 2 aromatic rings. The molecule has 1 atom stereocenters. The van der Waals surface area contributed by atoms with E-state index in [1.165, 1.54) is 0 Å². The van der Waals surface area contributed by atoms with E-state index in [1.54, 1.807) is 18.2 Å². The second kappa shape index (κ2) is 5.55. The Bertz CT molecular complexity index is 735. The lowest BCUT2D eigenvalue weighted by Crippen LogP contribution is -2.28. The highest BCUT2D eigenvalue weighted by Gasteiger charge is 2.19. The van der Waals surface area contributed by atoms with E-state index in [1.807, 2.05) is 26.0 Å². The molecule has 1 aliphatic rings. The molecule has 0 bridgehead atoms. The van der Waals surface area contributed by atoms with Gasteiger partial charge in [-0.05, 0) is 44.2 Å². The number of rotatable bonds is 3. The molecule has 1 aromatic heterocycles. The second-order valence-electron chi connectivity index (χ2n) is 5.19. The van der Waals surface area contributed by atoms with E-state index in [2.05, 4.69) is 10.6 Å². The zero-order chi connectivity index (χ0) is 15.7. The quantitative estimate of drug-likeness (QED) is 0.912. The third kappa shape index (κ3) is 2.81. The molecule has 0 radical (unpaired) electrons. The highest BCUT2D eigenvalue weighted by molar-refractivity contribution is 5.99. The number of furan rings is 1. The fraction of sp³-hybridized carbons (Fsp3) is 0.250. The van der Waals surface area contributed by atoms with Gasteiger partial charge in [0.25, 0.3) is 11.8 Å². The van der Waals surface area contributed by atoms with Crippen molar-refractivity contribution >= 4 is 17.5 Å². The lowest BCUT2D eigenvalue weighted by atomic mass is 10.1. The first-order chi connectivity index (χ1) is 10.5. The second-order valence-corrected chi connectivity index (χ2v) is 5.19. The number of hydrogen-bond donors (Lipinski definition) is 2. The summed E-state index contributed by atoms with van der Waals surface area (Å²) in [5.74, 6) is 1.56. The van der Waals surface area contributed by atoms with E-state index in [-0.39, 0.29) is 24.5 Å². The minimum Gasteiger partial charge on any atom is -0.482 e. The Morgan fingerprint density at radius 3 is 2.86 bits per heavy atom. The number of ether oxygens (including phenoxy) is 1. The van der Waals surface area contributed by atoms with Gasteiger partial charge in [-0.15, -0.1) is 0 Å². The van der Waals surface area contributed by atoms with E-state index in [4.69, 9.17) is 9.15 Å². The van der Waals surface area contributed by atoms with Crippen molar-refractivity contribution in [2.45, 2.75) is 19.9 Å². The van der Waals surface area contributed by atoms with Gasteiger partial charge >= 0.3 is 0 Å². The molecule has 2 amide bonds. The van der Waals surface area contributed by atoms with Gasteiger partial charge in [-0.25, -0.2) is 0 Å². The number of benzene rings is 1. The van der Waals surface area contributed by atoms with Crippen molar-refractivity contribution in [3.63, 3.8) is 0 Å². The SMILES string of the molecule is Cc1ccc(C(C)NC(=O)c2ccc3c(c2)OCC(=O)N3)o1. The molecular weight excluding hydrogens is 284 g/mol. The van der Waals surface area contributed by atoms with Gasteiger partial charge in [0.1, 0.15) is 17.3 Å². The summed E-state index contributed by atoms with van der Waals surface area (Å²) >= 11 is 0. The van der Waals surface area contributed by atoms with Crippen molar-refractivity contribution in [3.05, 3.63) is 47.4 Å². The highest BCUT2D eigenvalue weighted by Crippen LogP contribution is 2.28. The van der Waals surface area contributed by atoms with Gasteiger partial charge in [-0.1, -0.05) is 0 Å². The monoisotopic (exact) mass is 300 g/mol. The average Bonchev–Trinajstić information content (AvgIpc) is 2.93. The maximum absolute atomic E-state index is 12.3. The van der Waals surface area contributed by atoms with Crippen LogP contribution in [0.1, 0.15) is 34.8 Å². The van der Waals surface area contributed by atoms with Gasteiger partial charge < -0.3 is 19.8 Å². The minimum absolute atomic E-state index is 0.0415. The summed E-state index contributed by atoms with van der Waals surface area (Å²) in [7, 11) is 0. The van der Waals surface area contributed by atoms with Gasteiger partial charge in [0.05, 0.1) is 11.7 Å². The molecule has 0 saturated carbocycles. The smallest absolute Gasteiger partial charge is 0.262 e. The fourth-order valence-electron chi connectivity index (χ4n) is 2.25. The molecule has 1 aliphatic heterocycles. The number of carbonyl (C=O) groups excluding carboxylic acids is 2. The van der Waals surface area contributed by atoms with Crippen LogP contribution in [0.15, 0.2) is 34.7 Å². The lowest BCUT2D eigenvalue weighted by Gasteiger charge is -2.19. The zero-order valence-electron chi connectivity index (χ0n) is 12.3. The predicted octanol–water partition coefficient (Wildman–Crippen LogP) is 2.41. The van der Waals surface area contributed by atoms with Crippen molar-refractivity contribution in [2.24, 2.45) is 0 Å². The molecule has 1 unspecified atom stereocenters. The molecule has 1 aromatic carbocycles. The Morgan fingerprint density at radius 2 is 2.14 bits per heavy atom. The van der Waals surface area contributed by atoms with Gasteiger partial charge in [0, 0.05) is 5.56 Å². The maximum Gasteiger partial charge on any atom is 0.262 e. The summed E-state index contributed by atoms with van der Waals surface area (Å²) in [4.78, 5) is 23.5. The number of anilines is 1. The van der Waals surface area contributed by atoms with Crippen LogP contribution in [-0.2, 0) is 4.79 Å². The molecule has 0 saturated heterocycles. The highest BCUT2D eigenvalue weighted by atomic mass is 16.5. The summed E-state index contributed by atoms with van der Waals surface area (Å²) in [6, 6.07) is 8.37. The number of nitrogens with one attached hydrogen (secondary N) is 2. The van der Waals surface area contributed by atoms with Crippen LogP contribution in [0.4, 0.5) is 5.69 Å². The number of hydrogen-bond acceptors (Lipinski definition) is 4. The number of amides is 2. The molecule has 6 heteroatoms. The molecule has 3 rings (SSSR count). The summed E-state index contributed by atoms with van der Waals surface area (Å²) in [5.41, 5.74) is 1.03. The normalized spacial score (nSPS) is 14.5. The zero-order valence-corrected chi connectivity index (χ0v) is 12.3. The van der Waals surface area contributed by atoms with Crippen LogP contribution in [0.3, 0.4) is 0 Å². The van der Waals surface area contributed by atoms with E-state index in [9.17, 15) is 9.59 Å². The Balaban J connectivity index is 1.74. The third-order valence-electron chi connectivity index (χ3n) is 3.41. The molecule has 0 aliphatic carbocycles. The standard InChI is InChI=1S/C16H16N2O4/c1-9-3-6-13(22-9)10(2)17-16(20)11-4-5-12-14(7-11)21-8-15(19)18-12/h3-7,10H,8H2,1-2H3,(H,17,20)(H,18,19). The first kappa shape index (κ1) is 14.2. The van der Waals surface area contributed by atoms with Crippen LogP contribution in [0.2, 0.25) is 0 Å². The van der Waals surface area contributed by atoms with Crippen molar-refractivity contribution in [1.29, 1.82) is 0 Å².